The molecule has 0 radical (unpaired) electrons. The summed E-state index contributed by atoms with van der Waals surface area (Å²) in [7, 11) is 0. The number of amides is 1. The Hall–Kier alpha value is -2.61. The van der Waals surface area contributed by atoms with Gasteiger partial charge < -0.3 is 5.32 Å². The molecule has 2 rings (SSSR count). The van der Waals surface area contributed by atoms with Crippen LogP contribution in [0.15, 0.2) is 30.3 Å². The Kier molecular flexibility index (Phi) is 3.62. The molecule has 1 N–H and O–H groups in total. The van der Waals surface area contributed by atoms with Crippen molar-refractivity contribution in [3.05, 3.63) is 41.7 Å². The molecule has 0 fully saturated rings. The minimum Gasteiger partial charge on any atom is -0.323 e. The van der Waals surface area contributed by atoms with Crippen LogP contribution in [-0.4, -0.2) is 15.7 Å². The number of nitrogens with zero attached hydrogens (tertiary/aromatic N) is 3. The second-order valence-electron chi connectivity index (χ2n) is 4.24. The molecule has 2 aromatic rings. The summed E-state index contributed by atoms with van der Waals surface area (Å²) in [6, 6.07) is 11.2. The van der Waals surface area contributed by atoms with Crippen molar-refractivity contribution in [2.75, 3.05) is 5.32 Å². The maximum Gasteiger partial charge on any atom is 0.238 e. The highest BCUT2D eigenvalue weighted by molar-refractivity contribution is 5.94. The highest BCUT2D eigenvalue weighted by Crippen LogP contribution is 2.21. The molecule has 0 unspecified atom stereocenters. The second kappa shape index (κ2) is 5.36. The average molecular weight is 254 g/mol. The van der Waals surface area contributed by atoms with Gasteiger partial charge in [-0.3, -0.25) is 4.79 Å². The summed E-state index contributed by atoms with van der Waals surface area (Å²) in [5.41, 5.74) is 3.34. The highest BCUT2D eigenvalue weighted by atomic mass is 16.1. The number of aromatic nitrogens is 2. The molecule has 1 heterocycles. The minimum absolute atomic E-state index is 0.161. The first kappa shape index (κ1) is 12.8. The Labute approximate surface area is 111 Å². The molecule has 96 valence electrons. The summed E-state index contributed by atoms with van der Waals surface area (Å²) in [6.07, 6.45) is -0.161. The Morgan fingerprint density at radius 1 is 1.42 bits per heavy atom. The van der Waals surface area contributed by atoms with Crippen LogP contribution in [0.25, 0.3) is 5.69 Å². The van der Waals surface area contributed by atoms with Crippen LogP contribution in [0.2, 0.25) is 0 Å². The lowest BCUT2D eigenvalue weighted by Gasteiger charge is -2.11. The van der Waals surface area contributed by atoms with Crippen LogP contribution in [0.1, 0.15) is 17.8 Å². The highest BCUT2D eigenvalue weighted by Gasteiger charge is 2.10. The molecule has 0 bridgehead atoms. The fourth-order valence-electron chi connectivity index (χ4n) is 1.90. The van der Waals surface area contributed by atoms with Crippen molar-refractivity contribution in [3.8, 4) is 11.8 Å². The topological polar surface area (TPSA) is 70.7 Å². The van der Waals surface area contributed by atoms with Crippen molar-refractivity contribution < 1.29 is 4.79 Å². The van der Waals surface area contributed by atoms with Crippen molar-refractivity contribution in [2.24, 2.45) is 0 Å². The third-order valence-electron chi connectivity index (χ3n) is 2.66. The van der Waals surface area contributed by atoms with Crippen LogP contribution < -0.4 is 5.32 Å². The maximum atomic E-state index is 11.5. The zero-order valence-corrected chi connectivity index (χ0v) is 10.8. The predicted molar refractivity (Wildman–Crippen MR) is 71.9 cm³/mol. The van der Waals surface area contributed by atoms with Gasteiger partial charge in [-0.25, -0.2) is 4.68 Å². The third-order valence-corrected chi connectivity index (χ3v) is 2.66. The molecule has 0 aliphatic rings. The van der Waals surface area contributed by atoms with E-state index in [9.17, 15) is 4.79 Å². The van der Waals surface area contributed by atoms with Crippen LogP contribution in [-0.2, 0) is 4.79 Å². The van der Waals surface area contributed by atoms with E-state index >= 15 is 0 Å². The Balaban J connectivity index is 2.39. The summed E-state index contributed by atoms with van der Waals surface area (Å²) in [5.74, 6) is -0.323. The van der Waals surface area contributed by atoms with Crippen LogP contribution in [0.4, 0.5) is 5.69 Å². The molecule has 5 nitrogen and oxygen atoms in total. The number of rotatable bonds is 3. The standard InChI is InChI=1S/C14H14N4O/c1-10-9-11(2)18(17-10)13-6-4-3-5-12(13)16-14(19)7-8-15/h3-6,9H,7H2,1-2H3,(H,16,19). The Bertz CT molecular complexity index is 652. The van der Waals surface area contributed by atoms with Crippen LogP contribution >= 0.6 is 0 Å². The van der Waals surface area contributed by atoms with E-state index in [4.69, 9.17) is 5.26 Å². The van der Waals surface area contributed by atoms with Crippen LogP contribution in [0, 0.1) is 25.2 Å². The molecule has 0 saturated carbocycles. The number of carbonyl (C=O) groups is 1. The van der Waals surface area contributed by atoms with Gasteiger partial charge in [0.25, 0.3) is 0 Å². The van der Waals surface area contributed by atoms with E-state index in [1.807, 2.05) is 44.2 Å². The van der Waals surface area contributed by atoms with E-state index in [-0.39, 0.29) is 12.3 Å². The van der Waals surface area contributed by atoms with Gasteiger partial charge in [0.15, 0.2) is 0 Å². The molecule has 0 aliphatic heterocycles. The number of anilines is 1. The third kappa shape index (κ3) is 2.80. The first-order chi connectivity index (χ1) is 9.11. The van der Waals surface area contributed by atoms with Gasteiger partial charge >= 0.3 is 0 Å². The smallest absolute Gasteiger partial charge is 0.238 e. The van der Waals surface area contributed by atoms with E-state index in [1.165, 1.54) is 0 Å². The maximum absolute atomic E-state index is 11.5. The van der Waals surface area contributed by atoms with E-state index < -0.39 is 0 Å². The van der Waals surface area contributed by atoms with Crippen molar-refractivity contribution in [3.63, 3.8) is 0 Å². The lowest BCUT2D eigenvalue weighted by atomic mass is 10.2. The number of nitrogens with one attached hydrogen (secondary N) is 1. The lowest BCUT2D eigenvalue weighted by molar-refractivity contribution is -0.115. The number of nitriles is 1. The van der Waals surface area contributed by atoms with Crippen LogP contribution in [0.5, 0.6) is 0 Å². The summed E-state index contributed by atoms with van der Waals surface area (Å²) in [5, 5.41) is 15.6. The number of carbonyl (C=O) groups excluding carboxylic acids is 1. The monoisotopic (exact) mass is 254 g/mol. The molecule has 19 heavy (non-hydrogen) atoms. The molecule has 1 aromatic heterocycles. The van der Waals surface area contributed by atoms with Crippen molar-refractivity contribution in [1.29, 1.82) is 5.26 Å². The fraction of sp³-hybridized carbons (Fsp3) is 0.214. The number of hydrogen-bond donors (Lipinski definition) is 1. The van der Waals surface area contributed by atoms with Gasteiger partial charge in [-0.1, -0.05) is 12.1 Å². The van der Waals surface area contributed by atoms with Crippen molar-refractivity contribution in [1.82, 2.24) is 9.78 Å². The van der Waals surface area contributed by atoms with E-state index in [1.54, 1.807) is 10.7 Å². The Morgan fingerprint density at radius 3 is 2.79 bits per heavy atom. The fourth-order valence-corrected chi connectivity index (χ4v) is 1.90. The van der Waals surface area contributed by atoms with E-state index in [0.29, 0.717) is 5.69 Å². The lowest BCUT2D eigenvalue weighted by Crippen LogP contribution is -2.13. The van der Waals surface area contributed by atoms with Crippen molar-refractivity contribution in [2.45, 2.75) is 20.3 Å². The largest absolute Gasteiger partial charge is 0.323 e. The minimum atomic E-state index is -0.323. The van der Waals surface area contributed by atoms with Gasteiger partial charge in [0.1, 0.15) is 6.42 Å². The zero-order chi connectivity index (χ0) is 13.8. The van der Waals surface area contributed by atoms with E-state index in [0.717, 1.165) is 17.1 Å². The molecule has 1 aromatic carbocycles. The van der Waals surface area contributed by atoms with Gasteiger partial charge in [-0.05, 0) is 32.0 Å². The predicted octanol–water partition coefficient (Wildman–Crippen LogP) is 2.34. The van der Waals surface area contributed by atoms with Gasteiger partial charge in [-0.15, -0.1) is 0 Å². The summed E-state index contributed by atoms with van der Waals surface area (Å²) in [4.78, 5) is 11.5. The van der Waals surface area contributed by atoms with Crippen LogP contribution in [0.3, 0.4) is 0 Å². The SMILES string of the molecule is Cc1cc(C)n(-c2ccccc2NC(=O)CC#N)n1. The van der Waals surface area contributed by atoms with E-state index in [2.05, 4.69) is 10.4 Å². The average Bonchev–Trinajstić information content (AvgIpc) is 2.69. The van der Waals surface area contributed by atoms with Gasteiger partial charge in [-0.2, -0.15) is 10.4 Å². The van der Waals surface area contributed by atoms with Gasteiger partial charge in [0.05, 0.1) is 23.1 Å². The summed E-state index contributed by atoms with van der Waals surface area (Å²) in [6.45, 7) is 3.87. The summed E-state index contributed by atoms with van der Waals surface area (Å²) >= 11 is 0. The molecular weight excluding hydrogens is 240 g/mol. The second-order valence-corrected chi connectivity index (χ2v) is 4.24. The Morgan fingerprint density at radius 2 is 2.16 bits per heavy atom. The zero-order valence-electron chi connectivity index (χ0n) is 10.8. The molecular formula is C14H14N4O. The molecule has 1 amide bonds. The molecule has 5 heteroatoms. The molecule has 0 spiro atoms. The number of benzene rings is 1. The number of hydrogen-bond acceptors (Lipinski definition) is 3. The first-order valence-electron chi connectivity index (χ1n) is 5.91. The molecule has 0 aliphatic carbocycles. The molecule has 0 atom stereocenters. The number of para-hydroxylation sites is 2. The number of aryl methyl sites for hydroxylation is 2. The van der Waals surface area contributed by atoms with Crippen molar-refractivity contribution >= 4 is 11.6 Å². The summed E-state index contributed by atoms with van der Waals surface area (Å²) < 4.78 is 1.78. The first-order valence-corrected chi connectivity index (χ1v) is 5.91. The molecule has 0 saturated heterocycles. The quantitative estimate of drug-likeness (QED) is 0.913. The van der Waals surface area contributed by atoms with Gasteiger partial charge in [0.2, 0.25) is 5.91 Å². The van der Waals surface area contributed by atoms with Gasteiger partial charge in [0, 0.05) is 5.69 Å². The normalized spacial score (nSPS) is 9.95.